The second kappa shape index (κ2) is 9.63. The number of rotatable bonds is 7. The molecule has 0 aliphatic heterocycles. The molecule has 1 nitrogen and oxygen atoms in total. The Morgan fingerprint density at radius 3 is 2.50 bits per heavy atom. The van der Waals surface area contributed by atoms with Gasteiger partial charge in [0.25, 0.3) is 0 Å². The predicted molar refractivity (Wildman–Crippen MR) is 96.9 cm³/mol. The Balaban J connectivity index is 2.11. The van der Waals surface area contributed by atoms with Crippen LogP contribution in [0.3, 0.4) is 0 Å². The third-order valence-corrected chi connectivity index (χ3v) is 4.55. The Labute approximate surface area is 136 Å². The third kappa shape index (κ3) is 5.46. The van der Waals surface area contributed by atoms with Crippen LogP contribution in [0.15, 0.2) is 54.1 Å². The first-order valence-corrected chi connectivity index (χ1v) is 8.93. The number of hydrogen-bond acceptors (Lipinski definition) is 1. The number of benzene rings is 1. The molecule has 0 heterocycles. The van der Waals surface area contributed by atoms with Crippen LogP contribution in [0.5, 0.6) is 0 Å². The Kier molecular flexibility index (Phi) is 7.45. The Morgan fingerprint density at radius 1 is 1.14 bits per heavy atom. The van der Waals surface area contributed by atoms with Gasteiger partial charge in [0.1, 0.15) is 0 Å². The fourth-order valence-corrected chi connectivity index (χ4v) is 3.47. The summed E-state index contributed by atoms with van der Waals surface area (Å²) in [5.74, 6) is 0. The van der Waals surface area contributed by atoms with Gasteiger partial charge >= 0.3 is 0 Å². The summed E-state index contributed by atoms with van der Waals surface area (Å²) in [7, 11) is 0. The van der Waals surface area contributed by atoms with Crippen LogP contribution in [-0.4, -0.2) is 17.5 Å². The van der Waals surface area contributed by atoms with Gasteiger partial charge in [0, 0.05) is 19.1 Å². The summed E-state index contributed by atoms with van der Waals surface area (Å²) >= 11 is 0. The van der Waals surface area contributed by atoms with Gasteiger partial charge in [-0.05, 0) is 37.3 Å². The molecule has 1 heteroatoms. The minimum Gasteiger partial charge on any atom is -0.292 e. The lowest BCUT2D eigenvalue weighted by atomic mass is 9.93. The summed E-state index contributed by atoms with van der Waals surface area (Å²) in [6.07, 6.45) is 14.9. The molecule has 0 unspecified atom stereocenters. The number of allylic oxidation sites excluding steroid dienone is 2. The van der Waals surface area contributed by atoms with Crippen molar-refractivity contribution in [2.75, 3.05) is 6.54 Å². The average Bonchev–Trinajstić information content (AvgIpc) is 2.56. The maximum atomic E-state index is 2.70. The molecule has 1 aliphatic rings. The molecule has 1 aromatic carbocycles. The minimum atomic E-state index is 0.750. The molecule has 0 N–H and O–H groups in total. The zero-order chi connectivity index (χ0) is 15.6. The van der Waals surface area contributed by atoms with Crippen LogP contribution in [0, 0.1) is 0 Å². The first kappa shape index (κ1) is 17.0. The molecule has 1 fully saturated rings. The van der Waals surface area contributed by atoms with Crippen molar-refractivity contribution < 1.29 is 0 Å². The SMILES string of the molecule is C/C=C\C(=C/CC)CN(Cc1ccccc1)C1CCCCC1. The number of hydrogen-bond donors (Lipinski definition) is 0. The normalized spacial score (nSPS) is 17.5. The van der Waals surface area contributed by atoms with Gasteiger partial charge in [0.2, 0.25) is 0 Å². The maximum Gasteiger partial charge on any atom is 0.0240 e. The van der Waals surface area contributed by atoms with E-state index in [1.807, 2.05) is 0 Å². The van der Waals surface area contributed by atoms with Crippen molar-refractivity contribution in [2.45, 2.75) is 65.0 Å². The lowest BCUT2D eigenvalue weighted by Gasteiger charge is -2.35. The van der Waals surface area contributed by atoms with Gasteiger partial charge in [-0.15, -0.1) is 0 Å². The van der Waals surface area contributed by atoms with E-state index >= 15 is 0 Å². The van der Waals surface area contributed by atoms with Crippen LogP contribution in [0.25, 0.3) is 0 Å². The highest BCUT2D eigenvalue weighted by molar-refractivity contribution is 5.21. The van der Waals surface area contributed by atoms with Gasteiger partial charge < -0.3 is 0 Å². The van der Waals surface area contributed by atoms with Crippen molar-refractivity contribution in [3.05, 3.63) is 59.7 Å². The molecule has 0 radical (unpaired) electrons. The van der Waals surface area contributed by atoms with E-state index in [-0.39, 0.29) is 0 Å². The van der Waals surface area contributed by atoms with Crippen molar-refractivity contribution >= 4 is 0 Å². The maximum absolute atomic E-state index is 2.70. The largest absolute Gasteiger partial charge is 0.292 e. The van der Waals surface area contributed by atoms with Gasteiger partial charge in [-0.3, -0.25) is 4.90 Å². The Morgan fingerprint density at radius 2 is 1.86 bits per heavy atom. The molecule has 0 bridgehead atoms. The fourth-order valence-electron chi connectivity index (χ4n) is 3.47. The van der Waals surface area contributed by atoms with Crippen molar-refractivity contribution in [1.82, 2.24) is 4.90 Å². The van der Waals surface area contributed by atoms with E-state index in [0.717, 1.165) is 25.6 Å². The average molecular weight is 297 g/mol. The first-order chi connectivity index (χ1) is 10.8. The zero-order valence-corrected chi connectivity index (χ0v) is 14.3. The highest BCUT2D eigenvalue weighted by Gasteiger charge is 2.21. The van der Waals surface area contributed by atoms with E-state index in [9.17, 15) is 0 Å². The minimum absolute atomic E-state index is 0.750. The van der Waals surface area contributed by atoms with E-state index in [1.165, 1.54) is 43.2 Å². The quantitative estimate of drug-likeness (QED) is 0.581. The van der Waals surface area contributed by atoms with Crippen LogP contribution in [0.4, 0.5) is 0 Å². The second-order valence-electron chi connectivity index (χ2n) is 6.37. The lowest BCUT2D eigenvalue weighted by molar-refractivity contribution is 0.162. The van der Waals surface area contributed by atoms with Gasteiger partial charge in [0.05, 0.1) is 0 Å². The molecular weight excluding hydrogens is 266 g/mol. The van der Waals surface area contributed by atoms with E-state index in [1.54, 1.807) is 0 Å². The van der Waals surface area contributed by atoms with Crippen LogP contribution in [-0.2, 0) is 6.54 Å². The predicted octanol–water partition coefficient (Wildman–Crippen LogP) is 5.73. The summed E-state index contributed by atoms with van der Waals surface area (Å²) in [6, 6.07) is 11.7. The first-order valence-electron chi connectivity index (χ1n) is 8.93. The summed E-state index contributed by atoms with van der Waals surface area (Å²) in [5.41, 5.74) is 2.90. The van der Waals surface area contributed by atoms with Crippen molar-refractivity contribution in [3.63, 3.8) is 0 Å². The lowest BCUT2D eigenvalue weighted by Crippen LogP contribution is -2.37. The molecule has 0 atom stereocenters. The van der Waals surface area contributed by atoms with Crippen LogP contribution < -0.4 is 0 Å². The smallest absolute Gasteiger partial charge is 0.0240 e. The molecular formula is C21H31N. The highest BCUT2D eigenvalue weighted by Crippen LogP contribution is 2.25. The molecule has 22 heavy (non-hydrogen) atoms. The fraction of sp³-hybridized carbons (Fsp3) is 0.524. The van der Waals surface area contributed by atoms with Gasteiger partial charge in [-0.25, -0.2) is 0 Å². The topological polar surface area (TPSA) is 3.24 Å². The molecule has 0 saturated heterocycles. The van der Waals surface area contributed by atoms with E-state index < -0.39 is 0 Å². The van der Waals surface area contributed by atoms with Gasteiger partial charge in [-0.1, -0.05) is 74.7 Å². The molecule has 0 spiro atoms. The Bertz CT molecular complexity index is 466. The molecule has 1 aliphatic carbocycles. The summed E-state index contributed by atoms with van der Waals surface area (Å²) in [4.78, 5) is 2.70. The van der Waals surface area contributed by atoms with E-state index in [2.05, 4.69) is 67.3 Å². The zero-order valence-electron chi connectivity index (χ0n) is 14.3. The van der Waals surface area contributed by atoms with Crippen LogP contribution >= 0.6 is 0 Å². The van der Waals surface area contributed by atoms with Crippen LogP contribution in [0.1, 0.15) is 57.9 Å². The van der Waals surface area contributed by atoms with E-state index in [4.69, 9.17) is 0 Å². The standard InChI is InChI=1S/C21H31N/c1-3-11-19(12-4-2)17-22(21-15-9-6-10-16-21)18-20-13-7-5-8-14-20/h3,5,7-8,11-14,21H,4,6,9-10,15-18H2,1-2H3/b11-3-,19-12+. The Hall–Kier alpha value is -1.34. The molecule has 120 valence electrons. The van der Waals surface area contributed by atoms with Crippen molar-refractivity contribution in [3.8, 4) is 0 Å². The van der Waals surface area contributed by atoms with Crippen molar-refractivity contribution in [2.24, 2.45) is 0 Å². The van der Waals surface area contributed by atoms with Crippen LogP contribution in [0.2, 0.25) is 0 Å². The third-order valence-electron chi connectivity index (χ3n) is 4.55. The summed E-state index contributed by atoms with van der Waals surface area (Å²) in [6.45, 7) is 6.50. The van der Waals surface area contributed by atoms with Gasteiger partial charge in [-0.2, -0.15) is 0 Å². The second-order valence-corrected chi connectivity index (χ2v) is 6.37. The monoisotopic (exact) mass is 297 g/mol. The van der Waals surface area contributed by atoms with E-state index in [0.29, 0.717) is 0 Å². The molecule has 0 amide bonds. The molecule has 1 saturated carbocycles. The summed E-state index contributed by atoms with van der Waals surface area (Å²) in [5, 5.41) is 0. The molecule has 1 aromatic rings. The van der Waals surface area contributed by atoms with Crippen molar-refractivity contribution in [1.29, 1.82) is 0 Å². The van der Waals surface area contributed by atoms with Gasteiger partial charge in [0.15, 0.2) is 0 Å². The molecule has 2 rings (SSSR count). The highest BCUT2D eigenvalue weighted by atomic mass is 15.2. The molecule has 0 aromatic heterocycles. The summed E-state index contributed by atoms with van der Waals surface area (Å²) < 4.78 is 0. The number of nitrogens with zero attached hydrogens (tertiary/aromatic N) is 1.